The van der Waals surface area contributed by atoms with E-state index >= 15 is 0 Å². The molecule has 2 aromatic carbocycles. The minimum atomic E-state index is -5.18. The van der Waals surface area contributed by atoms with Crippen molar-refractivity contribution < 1.29 is 38.5 Å². The minimum Gasteiger partial charge on any atom is -0.747 e. The fourth-order valence-electron chi connectivity index (χ4n) is 2.89. The van der Waals surface area contributed by atoms with Crippen molar-refractivity contribution in [3.8, 4) is 0 Å². The van der Waals surface area contributed by atoms with Crippen molar-refractivity contribution in [3.63, 3.8) is 0 Å². The molecule has 0 bridgehead atoms. The number of halogens is 3. The van der Waals surface area contributed by atoms with Gasteiger partial charge in [0.15, 0.2) is 14.8 Å². The lowest BCUT2D eigenvalue weighted by Gasteiger charge is -2.21. The van der Waals surface area contributed by atoms with Crippen molar-refractivity contribution in [2.75, 3.05) is 0 Å². The fraction of sp³-hybridized carbons (Fsp3) is 0.167. The van der Waals surface area contributed by atoms with Crippen LogP contribution < -0.4 is 5.72 Å². The molecule has 0 amide bonds. The highest BCUT2D eigenvalue weighted by atomic mass is 32.2. The standard InChI is InChI=1S/C18H14F3NO5S/c19-18(20,21)12-8-6-10(7-9-12)15-14(23)13(17(22)27-15)16(28(24,25)26)11-4-2-1-3-5-11/h1-9,15-16H,22H2,(H,24,25,26)/p-1/i/hD2. The molecule has 2 unspecified atom stereocenters. The molecule has 2 N–H and O–H groups in total. The molecule has 0 fully saturated rings. The van der Waals surface area contributed by atoms with E-state index in [1.54, 1.807) is 6.07 Å². The number of hydrogen-bond acceptors (Lipinski definition) is 6. The van der Waals surface area contributed by atoms with Crippen molar-refractivity contribution in [2.45, 2.75) is 17.5 Å². The first-order chi connectivity index (χ1) is 13.9. The number of ketones is 1. The Bertz CT molecular complexity index is 1090. The molecule has 0 saturated carbocycles. The SMILES string of the molecule is [2H]N([2H])C1=C(C(c2ccccc2)S(=O)(=O)[O-])C(=O)C(c2ccc(C(F)(F)F)cc2)O1. The maximum atomic E-state index is 13.0. The van der Waals surface area contributed by atoms with Gasteiger partial charge < -0.3 is 15.0 Å². The molecule has 10 heteroatoms. The van der Waals surface area contributed by atoms with Gasteiger partial charge in [0.25, 0.3) is 0 Å². The van der Waals surface area contributed by atoms with Crippen LogP contribution in [0, 0.1) is 0 Å². The highest BCUT2D eigenvalue weighted by molar-refractivity contribution is 7.86. The Kier molecular flexibility index (Phi) is 4.29. The van der Waals surface area contributed by atoms with Crippen molar-refractivity contribution in [2.24, 2.45) is 5.72 Å². The highest BCUT2D eigenvalue weighted by Gasteiger charge is 2.42. The first kappa shape index (κ1) is 17.3. The molecule has 6 nitrogen and oxygen atoms in total. The number of alkyl halides is 3. The Labute approximate surface area is 161 Å². The number of carbonyl (C=O) groups is 1. The van der Waals surface area contributed by atoms with Gasteiger partial charge in [-0.15, -0.1) is 0 Å². The summed E-state index contributed by atoms with van der Waals surface area (Å²) in [6, 6.07) is 10.3. The summed E-state index contributed by atoms with van der Waals surface area (Å²) in [4.78, 5) is 13.0. The van der Waals surface area contributed by atoms with E-state index in [9.17, 15) is 30.9 Å². The van der Waals surface area contributed by atoms with Gasteiger partial charge in [-0.25, -0.2) is 8.42 Å². The van der Waals surface area contributed by atoms with Crippen molar-refractivity contribution in [3.05, 3.63) is 82.7 Å². The van der Waals surface area contributed by atoms with Crippen LogP contribution in [0.1, 0.15) is 28.0 Å². The van der Waals surface area contributed by atoms with Crippen LogP contribution in [-0.2, 0) is 25.8 Å². The van der Waals surface area contributed by atoms with Crippen LogP contribution in [0.25, 0.3) is 0 Å². The number of Topliss-reactive ketones (excluding diaryl/α,β-unsaturated/α-hetero) is 1. The zero-order valence-electron chi connectivity index (χ0n) is 15.9. The normalized spacial score (nSPS) is 19.7. The number of rotatable bonds is 5. The lowest BCUT2D eigenvalue weighted by molar-refractivity contribution is -0.137. The zero-order chi connectivity index (χ0) is 22.3. The summed E-state index contributed by atoms with van der Waals surface area (Å²) in [5, 5.41) is -2.06. The maximum Gasteiger partial charge on any atom is 0.416 e. The lowest BCUT2D eigenvalue weighted by Crippen LogP contribution is -2.21. The van der Waals surface area contributed by atoms with Gasteiger partial charge in [-0.2, -0.15) is 13.2 Å². The van der Waals surface area contributed by atoms with Gasteiger partial charge >= 0.3 is 6.18 Å². The van der Waals surface area contributed by atoms with Gasteiger partial charge in [0.1, 0.15) is 15.4 Å². The van der Waals surface area contributed by atoms with Crippen LogP contribution in [0.5, 0.6) is 0 Å². The van der Waals surface area contributed by atoms with E-state index in [1.807, 2.05) is 0 Å². The summed E-state index contributed by atoms with van der Waals surface area (Å²) in [6.45, 7) is 0. The number of hydrogen-bond donors (Lipinski definition) is 1. The van der Waals surface area contributed by atoms with Crippen LogP contribution in [0.15, 0.2) is 66.1 Å². The molecule has 28 heavy (non-hydrogen) atoms. The van der Waals surface area contributed by atoms with Crippen LogP contribution in [0.2, 0.25) is 2.82 Å². The Morgan fingerprint density at radius 3 is 2.21 bits per heavy atom. The molecule has 0 aromatic heterocycles. The summed E-state index contributed by atoms with van der Waals surface area (Å²) in [7, 11) is -5.18. The summed E-state index contributed by atoms with van der Waals surface area (Å²) >= 11 is 0. The molecule has 0 saturated heterocycles. The molecule has 2 atom stereocenters. The molecule has 2 aromatic rings. The summed E-state index contributed by atoms with van der Waals surface area (Å²) in [6.07, 6.45) is -6.22. The van der Waals surface area contributed by atoms with E-state index in [4.69, 9.17) is 7.56 Å². The quantitative estimate of drug-likeness (QED) is 0.754. The molecular weight excluding hydrogens is 399 g/mol. The average molecular weight is 414 g/mol. The van der Waals surface area contributed by atoms with Crippen molar-refractivity contribution in [1.29, 1.82) is 0 Å². The monoisotopic (exact) mass is 414 g/mol. The topological polar surface area (TPSA) is 110 Å². The third kappa shape index (κ3) is 3.73. The molecule has 0 aliphatic carbocycles. The molecule has 3 rings (SSSR count). The highest BCUT2D eigenvalue weighted by Crippen LogP contribution is 2.41. The van der Waals surface area contributed by atoms with Crippen molar-refractivity contribution in [1.82, 2.24) is 0 Å². The predicted molar refractivity (Wildman–Crippen MR) is 90.4 cm³/mol. The molecular formula is C18H13F3NO5S-. The summed E-state index contributed by atoms with van der Waals surface area (Å²) in [5.41, 5.74) is -1.99. The molecule has 1 aliphatic rings. The lowest BCUT2D eigenvalue weighted by atomic mass is 9.96. The molecule has 148 valence electrons. The largest absolute Gasteiger partial charge is 0.747 e. The van der Waals surface area contributed by atoms with E-state index in [0.717, 1.165) is 12.1 Å². The number of ether oxygens (including phenoxy) is 1. The van der Waals surface area contributed by atoms with E-state index in [1.165, 1.54) is 24.3 Å². The van der Waals surface area contributed by atoms with Crippen LogP contribution >= 0.6 is 0 Å². The third-order valence-corrected chi connectivity index (χ3v) is 5.24. The Hall–Kier alpha value is -2.85. The van der Waals surface area contributed by atoms with Crippen LogP contribution in [-0.4, -0.2) is 18.8 Å². The minimum absolute atomic E-state index is 0.0579. The predicted octanol–water partition coefficient (Wildman–Crippen LogP) is 2.80. The van der Waals surface area contributed by atoms with Crippen LogP contribution in [0.4, 0.5) is 13.2 Å². The second kappa shape index (κ2) is 6.95. The zero-order valence-corrected chi connectivity index (χ0v) is 14.7. The molecule has 1 heterocycles. The number of nitrogens with two attached hydrogens (primary N) is 1. The van der Waals surface area contributed by atoms with E-state index in [2.05, 4.69) is 0 Å². The van der Waals surface area contributed by atoms with Gasteiger partial charge in [0.2, 0.25) is 5.78 Å². The smallest absolute Gasteiger partial charge is 0.416 e. The summed E-state index contributed by atoms with van der Waals surface area (Å²) in [5.74, 6) is -1.83. The Balaban J connectivity index is 2.07. The van der Waals surface area contributed by atoms with Gasteiger partial charge in [0, 0.05) is 5.56 Å². The van der Waals surface area contributed by atoms with Gasteiger partial charge in [0.05, 0.1) is 11.1 Å². The number of carbonyl (C=O) groups excluding carboxylic acids is 1. The Morgan fingerprint density at radius 1 is 1.11 bits per heavy atom. The van der Waals surface area contributed by atoms with Gasteiger partial charge in [-0.05, 0) is 17.7 Å². The molecule has 1 aliphatic heterocycles. The second-order valence-corrected chi connectivity index (χ2v) is 7.44. The molecule has 0 spiro atoms. The third-order valence-electron chi connectivity index (χ3n) is 4.16. The van der Waals surface area contributed by atoms with E-state index < -0.39 is 50.5 Å². The maximum absolute atomic E-state index is 13.0. The van der Waals surface area contributed by atoms with Gasteiger partial charge in [-0.3, -0.25) is 4.79 Å². The van der Waals surface area contributed by atoms with Gasteiger partial charge in [-0.1, -0.05) is 42.5 Å². The summed E-state index contributed by atoms with van der Waals surface area (Å²) < 4.78 is 94.3. The van der Waals surface area contributed by atoms with E-state index in [0.29, 0.717) is 12.1 Å². The molecule has 0 radical (unpaired) electrons. The number of benzene rings is 2. The second-order valence-electron chi connectivity index (χ2n) is 5.98. The fourth-order valence-corrected chi connectivity index (χ4v) is 3.88. The Morgan fingerprint density at radius 2 is 1.71 bits per heavy atom. The first-order valence-electron chi connectivity index (χ1n) is 8.70. The van der Waals surface area contributed by atoms with E-state index in [-0.39, 0.29) is 16.8 Å². The van der Waals surface area contributed by atoms with Crippen molar-refractivity contribution >= 4 is 15.9 Å². The first-order valence-corrected chi connectivity index (χ1v) is 9.28. The van der Waals surface area contributed by atoms with Crippen LogP contribution in [0.3, 0.4) is 0 Å². The average Bonchev–Trinajstić information content (AvgIpc) is 2.98.